The van der Waals surface area contributed by atoms with Crippen LogP contribution in [-0.2, 0) is 0 Å². The number of aromatic nitrogens is 2. The van der Waals surface area contributed by atoms with Gasteiger partial charge in [-0.3, -0.25) is 0 Å². The molecule has 0 saturated heterocycles. The molecule has 3 heteroatoms. The third-order valence-corrected chi connectivity index (χ3v) is 2.46. The summed E-state index contributed by atoms with van der Waals surface area (Å²) >= 11 is 0. The Morgan fingerprint density at radius 2 is 2.33 bits per heavy atom. The first-order chi connectivity index (χ1) is 7.19. The Labute approximate surface area is 92.2 Å². The van der Waals surface area contributed by atoms with Gasteiger partial charge in [-0.25, -0.2) is 4.98 Å². The van der Waals surface area contributed by atoms with Gasteiger partial charge in [-0.15, -0.1) is 0 Å². The molecule has 1 aromatic rings. The van der Waals surface area contributed by atoms with Crippen molar-refractivity contribution in [2.75, 3.05) is 13.6 Å². The monoisotopic (exact) mass is 207 g/mol. The fourth-order valence-electron chi connectivity index (χ4n) is 1.57. The smallest absolute Gasteiger partial charge is 0.0953 e. The molecule has 84 valence electrons. The van der Waals surface area contributed by atoms with E-state index in [1.54, 1.807) is 0 Å². The number of likely N-dealkylation sites (N-methyl/N-ethyl adjacent to an activating group) is 1. The Morgan fingerprint density at radius 1 is 1.60 bits per heavy atom. The lowest BCUT2D eigenvalue weighted by molar-refractivity contribution is 0.595. The summed E-state index contributed by atoms with van der Waals surface area (Å²) in [6.07, 6.45) is 7.11. The van der Waals surface area contributed by atoms with Crippen LogP contribution in [0.15, 0.2) is 18.1 Å². The fourth-order valence-corrected chi connectivity index (χ4v) is 1.57. The highest BCUT2D eigenvalue weighted by atomic mass is 15.1. The zero-order valence-electron chi connectivity index (χ0n) is 10.1. The molecule has 0 bridgehead atoms. The zero-order valence-corrected chi connectivity index (χ0v) is 10.1. The summed E-state index contributed by atoms with van der Waals surface area (Å²) in [4.78, 5) is 4.19. The zero-order chi connectivity index (χ0) is 11.3. The van der Waals surface area contributed by atoms with Crippen LogP contribution in [-0.4, -0.2) is 23.1 Å². The molecule has 0 unspecified atom stereocenters. The van der Waals surface area contributed by atoms with Crippen molar-refractivity contribution in [2.45, 2.75) is 33.2 Å². The minimum Gasteiger partial charge on any atom is -0.329 e. The lowest BCUT2D eigenvalue weighted by atomic mass is 10.1. The maximum Gasteiger partial charge on any atom is 0.0953 e. The Morgan fingerprint density at radius 3 is 2.87 bits per heavy atom. The molecule has 0 amide bonds. The Kier molecular flexibility index (Phi) is 4.56. The van der Waals surface area contributed by atoms with Crippen LogP contribution in [0.2, 0.25) is 0 Å². The van der Waals surface area contributed by atoms with Gasteiger partial charge in [0.1, 0.15) is 0 Å². The topological polar surface area (TPSA) is 29.9 Å². The molecule has 0 aliphatic rings. The van der Waals surface area contributed by atoms with Gasteiger partial charge in [-0.2, -0.15) is 0 Å². The summed E-state index contributed by atoms with van der Waals surface area (Å²) in [6, 6.07) is 0.464. The molecular weight excluding hydrogens is 186 g/mol. The number of nitrogens with one attached hydrogen (secondary N) is 1. The summed E-state index contributed by atoms with van der Waals surface area (Å²) in [5.74, 6) is 0. The Balaban J connectivity index is 2.90. The van der Waals surface area contributed by atoms with Crippen LogP contribution in [0, 0.1) is 0 Å². The van der Waals surface area contributed by atoms with E-state index in [4.69, 9.17) is 0 Å². The van der Waals surface area contributed by atoms with E-state index >= 15 is 0 Å². The van der Waals surface area contributed by atoms with Gasteiger partial charge in [-0.1, -0.05) is 12.5 Å². The second-order valence-electron chi connectivity index (χ2n) is 4.01. The molecule has 0 radical (unpaired) electrons. The van der Waals surface area contributed by atoms with Gasteiger partial charge < -0.3 is 9.88 Å². The van der Waals surface area contributed by atoms with Crippen molar-refractivity contribution in [3.63, 3.8) is 0 Å². The highest BCUT2D eigenvalue weighted by Gasteiger charge is 2.03. The minimum absolute atomic E-state index is 0.464. The second-order valence-corrected chi connectivity index (χ2v) is 4.01. The standard InChI is InChI=1S/C12H21N3/c1-5-11(7-13-4)6-12-8-14-9-15(12)10(2)3/h6,8-10,13H,5,7H2,1-4H3. The average Bonchev–Trinajstić information content (AvgIpc) is 2.65. The summed E-state index contributed by atoms with van der Waals surface area (Å²) in [6.45, 7) is 7.46. The van der Waals surface area contributed by atoms with Gasteiger partial charge in [0, 0.05) is 12.6 Å². The highest BCUT2D eigenvalue weighted by Crippen LogP contribution is 2.13. The number of rotatable bonds is 5. The first-order valence-corrected chi connectivity index (χ1v) is 5.54. The predicted octanol–water partition coefficient (Wildman–Crippen LogP) is 2.48. The summed E-state index contributed by atoms with van der Waals surface area (Å²) < 4.78 is 2.19. The fraction of sp³-hybridized carbons (Fsp3) is 0.583. The number of nitrogens with zero attached hydrogens (tertiary/aromatic N) is 2. The van der Waals surface area contributed by atoms with Crippen molar-refractivity contribution in [1.29, 1.82) is 0 Å². The van der Waals surface area contributed by atoms with Gasteiger partial charge in [0.05, 0.1) is 18.2 Å². The lowest BCUT2D eigenvalue weighted by Crippen LogP contribution is -2.10. The van der Waals surface area contributed by atoms with E-state index in [1.165, 1.54) is 11.3 Å². The predicted molar refractivity (Wildman–Crippen MR) is 64.8 cm³/mol. The van der Waals surface area contributed by atoms with Crippen LogP contribution in [0.3, 0.4) is 0 Å². The lowest BCUT2D eigenvalue weighted by Gasteiger charge is -2.10. The van der Waals surface area contributed by atoms with Crippen molar-refractivity contribution in [1.82, 2.24) is 14.9 Å². The molecule has 1 N–H and O–H groups in total. The van der Waals surface area contributed by atoms with Crippen molar-refractivity contribution < 1.29 is 0 Å². The van der Waals surface area contributed by atoms with Crippen LogP contribution in [0.4, 0.5) is 0 Å². The summed E-state index contributed by atoms with van der Waals surface area (Å²) in [7, 11) is 1.98. The van der Waals surface area contributed by atoms with E-state index in [0.717, 1.165) is 13.0 Å². The maximum absolute atomic E-state index is 4.19. The molecule has 0 saturated carbocycles. The van der Waals surface area contributed by atoms with E-state index in [9.17, 15) is 0 Å². The third-order valence-electron chi connectivity index (χ3n) is 2.46. The normalized spacial score (nSPS) is 12.5. The molecule has 0 aromatic carbocycles. The van der Waals surface area contributed by atoms with E-state index in [2.05, 4.69) is 41.7 Å². The first-order valence-electron chi connectivity index (χ1n) is 5.54. The molecule has 1 aromatic heterocycles. The van der Waals surface area contributed by atoms with E-state index in [-0.39, 0.29) is 0 Å². The second kappa shape index (κ2) is 5.71. The van der Waals surface area contributed by atoms with Crippen LogP contribution in [0.1, 0.15) is 38.9 Å². The van der Waals surface area contributed by atoms with Gasteiger partial charge in [0.15, 0.2) is 0 Å². The number of hydrogen-bond donors (Lipinski definition) is 1. The molecule has 0 atom stereocenters. The Bertz CT molecular complexity index is 323. The SMILES string of the molecule is CCC(=Cc1cncn1C(C)C)CNC. The van der Waals surface area contributed by atoms with Crippen molar-refractivity contribution in [2.24, 2.45) is 0 Å². The van der Waals surface area contributed by atoms with Crippen molar-refractivity contribution >= 4 is 6.08 Å². The molecule has 0 aliphatic carbocycles. The van der Waals surface area contributed by atoms with Gasteiger partial charge >= 0.3 is 0 Å². The van der Waals surface area contributed by atoms with E-state index in [0.29, 0.717) is 6.04 Å². The van der Waals surface area contributed by atoms with Crippen LogP contribution in [0.25, 0.3) is 6.08 Å². The van der Waals surface area contributed by atoms with E-state index in [1.807, 2.05) is 19.6 Å². The molecule has 0 aliphatic heterocycles. The molecule has 15 heavy (non-hydrogen) atoms. The van der Waals surface area contributed by atoms with Crippen molar-refractivity contribution in [3.05, 3.63) is 23.8 Å². The highest BCUT2D eigenvalue weighted by molar-refractivity contribution is 5.49. The molecule has 1 rings (SSSR count). The van der Waals surface area contributed by atoms with Gasteiger partial charge in [-0.05, 0) is 33.4 Å². The quantitative estimate of drug-likeness (QED) is 0.804. The van der Waals surface area contributed by atoms with Crippen LogP contribution >= 0.6 is 0 Å². The third kappa shape index (κ3) is 3.20. The molecule has 0 fully saturated rings. The van der Waals surface area contributed by atoms with Gasteiger partial charge in [0.25, 0.3) is 0 Å². The molecule has 0 spiro atoms. The molecule has 1 heterocycles. The van der Waals surface area contributed by atoms with Crippen LogP contribution in [0.5, 0.6) is 0 Å². The van der Waals surface area contributed by atoms with Gasteiger partial charge in [0.2, 0.25) is 0 Å². The summed E-state index contributed by atoms with van der Waals surface area (Å²) in [5, 5.41) is 3.18. The molecule has 3 nitrogen and oxygen atoms in total. The largest absolute Gasteiger partial charge is 0.329 e. The average molecular weight is 207 g/mol. The number of imidazole rings is 1. The van der Waals surface area contributed by atoms with Crippen molar-refractivity contribution in [3.8, 4) is 0 Å². The van der Waals surface area contributed by atoms with E-state index < -0.39 is 0 Å². The summed E-state index contributed by atoms with van der Waals surface area (Å²) in [5.41, 5.74) is 2.59. The minimum atomic E-state index is 0.464. The molecular formula is C12H21N3. The van der Waals surface area contributed by atoms with Crippen LogP contribution < -0.4 is 5.32 Å². The Hall–Kier alpha value is -1.09. The maximum atomic E-state index is 4.19. The number of hydrogen-bond acceptors (Lipinski definition) is 2. The first kappa shape index (κ1) is 12.0.